The van der Waals surface area contributed by atoms with Crippen LogP contribution in [0.5, 0.6) is 11.5 Å². The standard InChI is InChI=1S/C27H23FN2O5S/c1-3-34-23-14-17(8-13-22(23)35-16-19-6-4-5-7-21(19)28)15-24-25(31)30(2)27(36-24)29-20-11-9-18(10-12-20)26(32)33/h4-15H,3,16H2,1-2H3,(H,32,33)/b24-15-,29-27?. The molecule has 0 spiro atoms. The number of benzene rings is 3. The molecule has 0 unspecified atom stereocenters. The maximum atomic E-state index is 13.9. The molecule has 1 aliphatic heterocycles. The number of halogens is 1. The topological polar surface area (TPSA) is 88.4 Å². The van der Waals surface area contributed by atoms with Gasteiger partial charge in [-0.2, -0.15) is 0 Å². The Kier molecular flexibility index (Phi) is 7.70. The second-order valence-corrected chi connectivity index (χ2v) is 8.75. The van der Waals surface area contributed by atoms with E-state index in [2.05, 4.69) is 4.99 Å². The fraction of sp³-hybridized carbons (Fsp3) is 0.148. The molecule has 1 amide bonds. The molecule has 0 aliphatic carbocycles. The molecule has 0 atom stereocenters. The number of hydrogen-bond donors (Lipinski definition) is 1. The van der Waals surface area contributed by atoms with Gasteiger partial charge in [0, 0.05) is 12.6 Å². The van der Waals surface area contributed by atoms with E-state index in [1.54, 1.807) is 61.7 Å². The van der Waals surface area contributed by atoms with Crippen molar-refractivity contribution in [1.29, 1.82) is 0 Å². The van der Waals surface area contributed by atoms with Crippen molar-refractivity contribution in [2.45, 2.75) is 13.5 Å². The summed E-state index contributed by atoms with van der Waals surface area (Å²) in [6.45, 7) is 2.31. The largest absolute Gasteiger partial charge is 0.490 e. The van der Waals surface area contributed by atoms with Gasteiger partial charge in [-0.25, -0.2) is 14.2 Å². The van der Waals surface area contributed by atoms with Crippen molar-refractivity contribution in [2.75, 3.05) is 13.7 Å². The van der Waals surface area contributed by atoms with Crippen LogP contribution in [0, 0.1) is 5.82 Å². The molecule has 1 saturated heterocycles. The Morgan fingerprint density at radius 3 is 2.53 bits per heavy atom. The van der Waals surface area contributed by atoms with Crippen LogP contribution < -0.4 is 9.47 Å². The number of ether oxygens (including phenoxy) is 2. The van der Waals surface area contributed by atoms with Gasteiger partial charge in [0.1, 0.15) is 12.4 Å². The van der Waals surface area contributed by atoms with E-state index in [9.17, 15) is 14.0 Å². The molecule has 3 aromatic carbocycles. The molecule has 0 bridgehead atoms. The van der Waals surface area contributed by atoms with Crippen LogP contribution in [0.1, 0.15) is 28.4 Å². The summed E-state index contributed by atoms with van der Waals surface area (Å²) < 4.78 is 25.5. The number of carbonyl (C=O) groups is 2. The number of carboxylic acids is 1. The number of nitrogens with zero attached hydrogens (tertiary/aromatic N) is 2. The number of amides is 1. The van der Waals surface area contributed by atoms with Crippen LogP contribution in [-0.2, 0) is 11.4 Å². The summed E-state index contributed by atoms with van der Waals surface area (Å²) in [6, 6.07) is 17.8. The third-order valence-electron chi connectivity index (χ3n) is 5.25. The monoisotopic (exact) mass is 506 g/mol. The first kappa shape index (κ1) is 25.0. The zero-order valence-electron chi connectivity index (χ0n) is 19.6. The molecule has 9 heteroatoms. The number of aliphatic imine (C=N–C) groups is 1. The van der Waals surface area contributed by atoms with Crippen LogP contribution >= 0.6 is 11.8 Å². The van der Waals surface area contributed by atoms with E-state index >= 15 is 0 Å². The maximum absolute atomic E-state index is 13.9. The van der Waals surface area contributed by atoms with Crippen molar-refractivity contribution in [2.24, 2.45) is 4.99 Å². The van der Waals surface area contributed by atoms with Gasteiger partial charge < -0.3 is 14.6 Å². The van der Waals surface area contributed by atoms with Gasteiger partial charge in [-0.05, 0) is 72.8 Å². The summed E-state index contributed by atoms with van der Waals surface area (Å²) in [6.07, 6.45) is 1.74. The number of aromatic carboxylic acids is 1. The minimum absolute atomic E-state index is 0.0551. The van der Waals surface area contributed by atoms with E-state index < -0.39 is 5.97 Å². The van der Waals surface area contributed by atoms with Crippen molar-refractivity contribution < 1.29 is 28.6 Å². The molecule has 3 aromatic rings. The highest BCUT2D eigenvalue weighted by molar-refractivity contribution is 8.18. The minimum atomic E-state index is -1.02. The first-order valence-corrected chi connectivity index (χ1v) is 11.9. The van der Waals surface area contributed by atoms with Crippen LogP contribution in [0.25, 0.3) is 6.08 Å². The van der Waals surface area contributed by atoms with Gasteiger partial charge in [0.05, 0.1) is 22.8 Å². The Morgan fingerprint density at radius 2 is 1.83 bits per heavy atom. The Balaban J connectivity index is 1.53. The van der Waals surface area contributed by atoms with Crippen molar-refractivity contribution >= 4 is 40.6 Å². The normalized spacial score (nSPS) is 15.5. The Labute approximate surface area is 211 Å². The smallest absolute Gasteiger partial charge is 0.335 e. The van der Waals surface area contributed by atoms with Gasteiger partial charge in [-0.1, -0.05) is 24.3 Å². The lowest BCUT2D eigenvalue weighted by Gasteiger charge is -2.13. The summed E-state index contributed by atoms with van der Waals surface area (Å²) >= 11 is 1.22. The van der Waals surface area contributed by atoms with E-state index in [0.29, 0.717) is 39.4 Å². The van der Waals surface area contributed by atoms with Gasteiger partial charge >= 0.3 is 5.97 Å². The fourth-order valence-electron chi connectivity index (χ4n) is 3.36. The predicted octanol–water partition coefficient (Wildman–Crippen LogP) is 5.74. The molecule has 4 rings (SSSR count). The molecule has 1 fully saturated rings. The van der Waals surface area contributed by atoms with Crippen LogP contribution in [0.2, 0.25) is 0 Å². The fourth-order valence-corrected chi connectivity index (χ4v) is 4.35. The summed E-state index contributed by atoms with van der Waals surface area (Å²) in [5.74, 6) is -0.611. The molecule has 0 aromatic heterocycles. The van der Waals surface area contributed by atoms with Gasteiger partial charge in [0.25, 0.3) is 5.91 Å². The highest BCUT2D eigenvalue weighted by atomic mass is 32.2. The third kappa shape index (κ3) is 5.75. The number of likely N-dealkylation sites (N-methyl/N-ethyl adjacent to an activating group) is 1. The average Bonchev–Trinajstić information content (AvgIpc) is 3.12. The molecule has 184 valence electrons. The molecule has 1 N–H and O–H groups in total. The van der Waals surface area contributed by atoms with Crippen LogP contribution in [-0.4, -0.2) is 40.7 Å². The van der Waals surface area contributed by atoms with Crippen molar-refractivity contribution in [1.82, 2.24) is 4.90 Å². The molecule has 0 saturated carbocycles. The van der Waals surface area contributed by atoms with Gasteiger partial charge in [-0.3, -0.25) is 9.69 Å². The van der Waals surface area contributed by atoms with Gasteiger partial charge in [0.2, 0.25) is 0 Å². The number of carbonyl (C=O) groups excluding carboxylic acids is 1. The number of amidine groups is 1. The average molecular weight is 507 g/mol. The lowest BCUT2D eigenvalue weighted by atomic mass is 10.1. The SMILES string of the molecule is CCOc1cc(/C=C2\SC(=Nc3ccc(C(=O)O)cc3)N(C)C2=O)ccc1OCc1ccccc1F. The Hall–Kier alpha value is -4.11. The molecule has 1 heterocycles. The number of rotatable bonds is 8. The molecule has 1 aliphatic rings. The van der Waals surface area contributed by atoms with E-state index in [1.165, 1.54) is 34.9 Å². The second-order valence-electron chi connectivity index (χ2n) is 7.74. The molecule has 7 nitrogen and oxygen atoms in total. The molecule has 36 heavy (non-hydrogen) atoms. The minimum Gasteiger partial charge on any atom is -0.490 e. The third-order valence-corrected chi connectivity index (χ3v) is 6.31. The number of thioether (sulfide) groups is 1. The summed E-state index contributed by atoms with van der Waals surface area (Å²) in [4.78, 5) is 30.2. The van der Waals surface area contributed by atoms with E-state index in [0.717, 1.165) is 5.56 Å². The van der Waals surface area contributed by atoms with Crippen molar-refractivity contribution in [3.05, 3.63) is 94.1 Å². The summed E-state index contributed by atoms with van der Waals surface area (Å²) in [7, 11) is 1.63. The van der Waals surface area contributed by atoms with E-state index in [1.807, 2.05) is 6.92 Å². The van der Waals surface area contributed by atoms with E-state index in [-0.39, 0.29) is 23.9 Å². The van der Waals surface area contributed by atoms with Crippen molar-refractivity contribution in [3.8, 4) is 11.5 Å². The van der Waals surface area contributed by atoms with Crippen LogP contribution in [0.4, 0.5) is 10.1 Å². The van der Waals surface area contributed by atoms with Crippen LogP contribution in [0.3, 0.4) is 0 Å². The number of carboxylic acid groups (broad SMARTS) is 1. The summed E-state index contributed by atoms with van der Waals surface area (Å²) in [5, 5.41) is 9.52. The van der Waals surface area contributed by atoms with Gasteiger partial charge in [0.15, 0.2) is 16.7 Å². The van der Waals surface area contributed by atoms with Crippen LogP contribution in [0.15, 0.2) is 76.6 Å². The lowest BCUT2D eigenvalue weighted by molar-refractivity contribution is -0.121. The van der Waals surface area contributed by atoms with Crippen molar-refractivity contribution in [3.63, 3.8) is 0 Å². The zero-order valence-corrected chi connectivity index (χ0v) is 20.4. The molecule has 0 radical (unpaired) electrons. The maximum Gasteiger partial charge on any atom is 0.335 e. The second kappa shape index (κ2) is 11.1. The molecular weight excluding hydrogens is 483 g/mol. The first-order valence-electron chi connectivity index (χ1n) is 11.1. The Bertz CT molecular complexity index is 1350. The quantitative estimate of drug-likeness (QED) is 0.392. The van der Waals surface area contributed by atoms with E-state index in [4.69, 9.17) is 14.6 Å². The highest BCUT2D eigenvalue weighted by Crippen LogP contribution is 2.35. The summed E-state index contributed by atoms with van der Waals surface area (Å²) in [5.41, 5.74) is 1.87. The van der Waals surface area contributed by atoms with Gasteiger partial charge in [-0.15, -0.1) is 0 Å². The lowest BCUT2D eigenvalue weighted by Crippen LogP contribution is -2.23. The highest BCUT2D eigenvalue weighted by Gasteiger charge is 2.30. The first-order chi connectivity index (χ1) is 17.4. The number of hydrogen-bond acceptors (Lipinski definition) is 6. The Morgan fingerprint density at radius 1 is 1.08 bits per heavy atom. The predicted molar refractivity (Wildman–Crippen MR) is 137 cm³/mol. The molecular formula is C27H23FN2O5S. The zero-order chi connectivity index (χ0) is 25.7.